The van der Waals surface area contributed by atoms with Crippen LogP contribution in [0.4, 0.5) is 0 Å². The molecule has 0 radical (unpaired) electrons. The van der Waals surface area contributed by atoms with Gasteiger partial charge in [0.15, 0.2) is 0 Å². The van der Waals surface area contributed by atoms with Crippen LogP contribution in [0.1, 0.15) is 39.9 Å². The maximum atomic E-state index is 12.2. The largest absolute Gasteiger partial charge is 0.469 e. The van der Waals surface area contributed by atoms with E-state index in [9.17, 15) is 4.79 Å². The highest BCUT2D eigenvalue weighted by atomic mass is 79.9. The molecular formula is C13H12BrNO2S. The topological polar surface area (TPSA) is 42.2 Å². The van der Waals surface area contributed by atoms with E-state index in [-0.39, 0.29) is 11.9 Å². The Balaban J connectivity index is 1.79. The lowest BCUT2D eigenvalue weighted by atomic mass is 9.93. The summed E-state index contributed by atoms with van der Waals surface area (Å²) in [5, 5.41) is 4.99. The van der Waals surface area contributed by atoms with E-state index in [0.717, 1.165) is 39.9 Å². The average molecular weight is 326 g/mol. The van der Waals surface area contributed by atoms with E-state index in [0.29, 0.717) is 0 Å². The molecule has 2 aromatic heterocycles. The fraction of sp³-hybridized carbons (Fsp3) is 0.308. The van der Waals surface area contributed by atoms with Crippen LogP contribution in [-0.4, -0.2) is 5.91 Å². The molecule has 1 amide bonds. The van der Waals surface area contributed by atoms with Gasteiger partial charge < -0.3 is 9.73 Å². The normalized spacial score (nSPS) is 18.4. The van der Waals surface area contributed by atoms with Gasteiger partial charge in [0.1, 0.15) is 10.6 Å². The molecule has 0 saturated carbocycles. The molecule has 1 N–H and O–H groups in total. The molecule has 1 unspecified atom stereocenters. The molecule has 3 rings (SSSR count). The molecule has 1 aliphatic carbocycles. The van der Waals surface area contributed by atoms with E-state index in [1.54, 1.807) is 6.26 Å². The fourth-order valence-electron chi connectivity index (χ4n) is 2.32. The number of thiophene rings is 1. The highest BCUT2D eigenvalue weighted by molar-refractivity contribution is 9.10. The van der Waals surface area contributed by atoms with Crippen molar-refractivity contribution in [1.29, 1.82) is 0 Å². The summed E-state index contributed by atoms with van der Waals surface area (Å²) in [6.07, 6.45) is 4.70. The second-order valence-corrected chi connectivity index (χ2v) is 6.09. The summed E-state index contributed by atoms with van der Waals surface area (Å²) in [5.41, 5.74) is 1.13. The lowest BCUT2D eigenvalue weighted by Gasteiger charge is -2.22. The van der Waals surface area contributed by atoms with E-state index in [1.165, 1.54) is 11.3 Å². The Hall–Kier alpha value is -1.07. The van der Waals surface area contributed by atoms with E-state index < -0.39 is 0 Å². The maximum Gasteiger partial charge on any atom is 0.262 e. The Labute approximate surface area is 117 Å². The molecule has 0 spiro atoms. The number of amides is 1. The first-order valence-corrected chi connectivity index (χ1v) is 7.53. The first kappa shape index (κ1) is 12.0. The minimum Gasteiger partial charge on any atom is -0.469 e. The number of furan rings is 1. The van der Waals surface area contributed by atoms with E-state index >= 15 is 0 Å². The maximum absolute atomic E-state index is 12.2. The number of hydrogen-bond donors (Lipinski definition) is 1. The zero-order valence-electron chi connectivity index (χ0n) is 9.61. The molecule has 3 nitrogen and oxygen atoms in total. The second-order valence-electron chi connectivity index (χ2n) is 4.32. The fourth-order valence-corrected chi connectivity index (χ4v) is 3.77. The number of hydrogen-bond acceptors (Lipinski definition) is 3. The van der Waals surface area contributed by atoms with E-state index in [2.05, 4.69) is 21.2 Å². The van der Waals surface area contributed by atoms with Crippen LogP contribution in [-0.2, 0) is 6.42 Å². The summed E-state index contributed by atoms with van der Waals surface area (Å²) in [7, 11) is 0. The molecule has 0 aliphatic heterocycles. The molecule has 0 aromatic carbocycles. The average Bonchev–Trinajstić information content (AvgIpc) is 2.97. The lowest BCUT2D eigenvalue weighted by molar-refractivity contribution is 0.0935. The van der Waals surface area contributed by atoms with Crippen molar-refractivity contribution in [3.8, 4) is 0 Å². The zero-order chi connectivity index (χ0) is 12.5. The predicted octanol–water partition coefficient (Wildman–Crippen LogP) is 3.91. The smallest absolute Gasteiger partial charge is 0.262 e. The molecule has 2 aromatic rings. The molecule has 2 heterocycles. The van der Waals surface area contributed by atoms with Crippen LogP contribution in [0.15, 0.2) is 32.7 Å². The number of nitrogens with one attached hydrogen (secondary N) is 1. The Bertz CT molecular complexity index is 575. The van der Waals surface area contributed by atoms with Crippen LogP contribution in [0.2, 0.25) is 0 Å². The summed E-state index contributed by atoms with van der Waals surface area (Å²) < 4.78 is 6.28. The van der Waals surface area contributed by atoms with E-state index in [4.69, 9.17) is 4.42 Å². The van der Waals surface area contributed by atoms with Crippen LogP contribution >= 0.6 is 27.3 Å². The highest BCUT2D eigenvalue weighted by Gasteiger charge is 2.25. The van der Waals surface area contributed by atoms with Gasteiger partial charge in [-0.2, -0.15) is 0 Å². The first-order valence-electron chi connectivity index (χ1n) is 5.86. The van der Waals surface area contributed by atoms with Crippen molar-refractivity contribution in [2.24, 2.45) is 0 Å². The molecule has 0 fully saturated rings. The summed E-state index contributed by atoms with van der Waals surface area (Å²) in [4.78, 5) is 12.9. The number of carbonyl (C=O) groups excluding carboxylic acids is 1. The zero-order valence-corrected chi connectivity index (χ0v) is 12.0. The third-order valence-corrected chi connectivity index (χ3v) is 5.02. The monoisotopic (exact) mass is 325 g/mol. The summed E-state index contributed by atoms with van der Waals surface area (Å²) >= 11 is 4.83. The molecule has 18 heavy (non-hydrogen) atoms. The van der Waals surface area contributed by atoms with Crippen LogP contribution < -0.4 is 5.32 Å². The molecule has 94 valence electrons. The molecule has 0 bridgehead atoms. The van der Waals surface area contributed by atoms with Crippen LogP contribution in [0.5, 0.6) is 0 Å². The summed E-state index contributed by atoms with van der Waals surface area (Å²) in [6.45, 7) is 0. The van der Waals surface area contributed by atoms with Gasteiger partial charge in [0.2, 0.25) is 0 Å². The quantitative estimate of drug-likeness (QED) is 0.909. The van der Waals surface area contributed by atoms with Gasteiger partial charge in [-0.1, -0.05) is 0 Å². The Kier molecular flexibility index (Phi) is 3.26. The Morgan fingerprint density at radius 1 is 1.50 bits per heavy atom. The van der Waals surface area contributed by atoms with Crippen molar-refractivity contribution in [1.82, 2.24) is 5.32 Å². The Morgan fingerprint density at radius 3 is 3.17 bits per heavy atom. The lowest BCUT2D eigenvalue weighted by Crippen LogP contribution is -2.30. The van der Waals surface area contributed by atoms with Crippen molar-refractivity contribution in [3.63, 3.8) is 0 Å². The summed E-state index contributed by atoms with van der Waals surface area (Å²) in [6, 6.07) is 3.93. The number of fused-ring (bicyclic) bond motifs is 1. The van der Waals surface area contributed by atoms with Crippen molar-refractivity contribution in [2.75, 3.05) is 0 Å². The standard InChI is InChI=1S/C13H12BrNO2S/c14-9-5-7-18-12(9)13(16)15-10-2-1-3-11-8(10)4-6-17-11/h4-7,10H,1-3H2,(H,15,16). The number of aryl methyl sites for hydroxylation is 1. The van der Waals surface area contributed by atoms with E-state index in [1.807, 2.05) is 17.5 Å². The van der Waals surface area contributed by atoms with Crippen LogP contribution in [0.25, 0.3) is 0 Å². The van der Waals surface area contributed by atoms with Crippen molar-refractivity contribution in [2.45, 2.75) is 25.3 Å². The van der Waals surface area contributed by atoms with Crippen molar-refractivity contribution < 1.29 is 9.21 Å². The van der Waals surface area contributed by atoms with Gasteiger partial charge in [-0.05, 0) is 46.3 Å². The van der Waals surface area contributed by atoms with Crippen molar-refractivity contribution >= 4 is 33.2 Å². The van der Waals surface area contributed by atoms with Gasteiger partial charge in [0.25, 0.3) is 5.91 Å². The highest BCUT2D eigenvalue weighted by Crippen LogP contribution is 2.31. The molecular weight excluding hydrogens is 314 g/mol. The minimum absolute atomic E-state index is 0.0177. The van der Waals surface area contributed by atoms with Gasteiger partial charge in [-0.3, -0.25) is 4.79 Å². The van der Waals surface area contributed by atoms with Gasteiger partial charge in [-0.15, -0.1) is 11.3 Å². The summed E-state index contributed by atoms with van der Waals surface area (Å²) in [5.74, 6) is 0.993. The Morgan fingerprint density at radius 2 is 2.39 bits per heavy atom. The number of halogens is 1. The minimum atomic E-state index is -0.0177. The van der Waals surface area contributed by atoms with Crippen LogP contribution in [0, 0.1) is 0 Å². The van der Waals surface area contributed by atoms with Crippen LogP contribution in [0.3, 0.4) is 0 Å². The predicted molar refractivity (Wildman–Crippen MR) is 73.9 cm³/mol. The molecule has 5 heteroatoms. The number of carbonyl (C=O) groups is 1. The third-order valence-electron chi connectivity index (χ3n) is 3.18. The second kappa shape index (κ2) is 4.90. The molecule has 1 aliphatic rings. The third kappa shape index (κ3) is 2.12. The molecule has 0 saturated heterocycles. The number of rotatable bonds is 2. The first-order chi connectivity index (χ1) is 8.75. The molecule has 1 atom stereocenters. The van der Waals surface area contributed by atoms with Gasteiger partial charge >= 0.3 is 0 Å². The van der Waals surface area contributed by atoms with Crippen molar-refractivity contribution in [3.05, 3.63) is 44.4 Å². The van der Waals surface area contributed by atoms with Gasteiger partial charge in [0, 0.05) is 16.5 Å². The van der Waals surface area contributed by atoms with Gasteiger partial charge in [0.05, 0.1) is 12.3 Å². The SMILES string of the molecule is O=C(NC1CCCc2occc21)c1sccc1Br. The van der Waals surface area contributed by atoms with Gasteiger partial charge in [-0.25, -0.2) is 0 Å².